The molecule has 1 aromatic heterocycles. The molecule has 0 saturated carbocycles. The quantitative estimate of drug-likeness (QED) is 0.869. The number of aryl methyl sites for hydroxylation is 2. The summed E-state index contributed by atoms with van der Waals surface area (Å²) in [6.07, 6.45) is 0.474. The maximum atomic E-state index is 10.6. The number of hydrogen-bond acceptors (Lipinski definition) is 2. The second-order valence-electron chi connectivity index (χ2n) is 3.40. The van der Waals surface area contributed by atoms with E-state index in [1.807, 2.05) is 13.1 Å². The normalized spacial score (nSPS) is 10.6. The molecule has 1 aromatic rings. The fraction of sp³-hybridized carbons (Fsp3) is 0.600. The van der Waals surface area contributed by atoms with Gasteiger partial charge in [0.15, 0.2) is 0 Å². The number of halogens is 3. The number of imidazole rings is 1. The second kappa shape index (κ2) is 6.93. The first-order valence-corrected chi connectivity index (χ1v) is 5.08. The van der Waals surface area contributed by atoms with Gasteiger partial charge in [0.2, 0.25) is 0 Å². The molecule has 98 valence electrons. The molecular formula is C10H15F3N2O2. The molecule has 0 bridgehead atoms. The lowest BCUT2D eigenvalue weighted by Gasteiger charge is -1.93. The number of unbranched alkanes of at least 4 members (excludes halogenated alkanes) is 1. The minimum atomic E-state index is -5.08. The molecule has 0 aliphatic heterocycles. The standard InChI is InChI=1S/C8H14N2.C2HF3O2/c1-3-4-5-8-6-9-7(2)10-8;3-2(4,5)1(6)7/h6H,3-5H2,1-2H3,(H,9,10);(H,6,7). The number of carbonyl (C=O) groups is 1. The van der Waals surface area contributed by atoms with Gasteiger partial charge in [0.25, 0.3) is 0 Å². The molecular weight excluding hydrogens is 237 g/mol. The first-order valence-electron chi connectivity index (χ1n) is 5.08. The lowest BCUT2D eigenvalue weighted by molar-refractivity contribution is -0.192. The van der Waals surface area contributed by atoms with Crippen LogP contribution in [0.2, 0.25) is 0 Å². The Morgan fingerprint density at radius 3 is 2.35 bits per heavy atom. The van der Waals surface area contributed by atoms with E-state index >= 15 is 0 Å². The van der Waals surface area contributed by atoms with Crippen LogP contribution in [0.25, 0.3) is 0 Å². The highest BCUT2D eigenvalue weighted by Gasteiger charge is 2.38. The van der Waals surface area contributed by atoms with E-state index in [1.165, 1.54) is 18.5 Å². The monoisotopic (exact) mass is 252 g/mol. The van der Waals surface area contributed by atoms with Gasteiger partial charge in [-0.1, -0.05) is 13.3 Å². The minimum Gasteiger partial charge on any atom is -0.475 e. The number of nitrogens with zero attached hydrogens (tertiary/aromatic N) is 1. The highest BCUT2D eigenvalue weighted by atomic mass is 19.4. The Kier molecular flexibility index (Phi) is 6.30. The molecule has 0 unspecified atom stereocenters. The molecule has 1 heterocycles. The molecule has 0 aliphatic rings. The van der Waals surface area contributed by atoms with E-state index in [9.17, 15) is 13.2 Å². The second-order valence-corrected chi connectivity index (χ2v) is 3.40. The average Bonchev–Trinajstić information content (AvgIpc) is 2.60. The van der Waals surface area contributed by atoms with E-state index in [0.29, 0.717) is 0 Å². The van der Waals surface area contributed by atoms with Crippen LogP contribution in [0.1, 0.15) is 31.3 Å². The molecule has 0 atom stereocenters. The summed E-state index contributed by atoms with van der Waals surface area (Å²) in [5, 5.41) is 7.12. The molecule has 0 amide bonds. The number of H-pyrrole nitrogens is 1. The summed E-state index contributed by atoms with van der Waals surface area (Å²) in [4.78, 5) is 16.2. The van der Waals surface area contributed by atoms with Crippen molar-refractivity contribution in [3.05, 3.63) is 17.7 Å². The highest BCUT2D eigenvalue weighted by molar-refractivity contribution is 5.73. The van der Waals surface area contributed by atoms with Crippen LogP contribution in [0.3, 0.4) is 0 Å². The van der Waals surface area contributed by atoms with E-state index in [4.69, 9.17) is 9.90 Å². The predicted octanol–water partition coefficient (Wildman–Crippen LogP) is 2.69. The molecule has 0 aromatic carbocycles. The molecule has 0 fully saturated rings. The van der Waals surface area contributed by atoms with Gasteiger partial charge in [-0.15, -0.1) is 0 Å². The van der Waals surface area contributed by atoms with Gasteiger partial charge in [-0.3, -0.25) is 0 Å². The van der Waals surface area contributed by atoms with Gasteiger partial charge >= 0.3 is 12.1 Å². The van der Waals surface area contributed by atoms with Crippen molar-refractivity contribution in [1.29, 1.82) is 0 Å². The van der Waals surface area contributed by atoms with Crippen LogP contribution in [0.15, 0.2) is 6.20 Å². The maximum Gasteiger partial charge on any atom is 0.490 e. The van der Waals surface area contributed by atoms with Crippen LogP contribution in [0.5, 0.6) is 0 Å². The Morgan fingerprint density at radius 1 is 1.53 bits per heavy atom. The zero-order valence-electron chi connectivity index (χ0n) is 9.64. The third-order valence-electron chi connectivity index (χ3n) is 1.80. The van der Waals surface area contributed by atoms with Crippen molar-refractivity contribution in [2.45, 2.75) is 39.3 Å². The number of aromatic nitrogens is 2. The van der Waals surface area contributed by atoms with Crippen LogP contribution in [0, 0.1) is 6.92 Å². The first kappa shape index (κ1) is 15.5. The van der Waals surface area contributed by atoms with E-state index < -0.39 is 12.1 Å². The lowest BCUT2D eigenvalue weighted by atomic mass is 10.2. The van der Waals surface area contributed by atoms with Gasteiger partial charge in [-0.2, -0.15) is 13.2 Å². The van der Waals surface area contributed by atoms with Gasteiger partial charge in [-0.05, 0) is 19.8 Å². The van der Waals surface area contributed by atoms with Crippen molar-refractivity contribution in [3.63, 3.8) is 0 Å². The predicted molar refractivity (Wildman–Crippen MR) is 55.6 cm³/mol. The van der Waals surface area contributed by atoms with Crippen molar-refractivity contribution in [2.24, 2.45) is 0 Å². The van der Waals surface area contributed by atoms with Crippen molar-refractivity contribution in [1.82, 2.24) is 9.97 Å². The van der Waals surface area contributed by atoms with Crippen molar-refractivity contribution in [3.8, 4) is 0 Å². The number of nitrogens with one attached hydrogen (secondary N) is 1. The molecule has 0 radical (unpaired) electrons. The summed E-state index contributed by atoms with van der Waals surface area (Å²) in [6, 6.07) is 0. The van der Waals surface area contributed by atoms with Crippen LogP contribution >= 0.6 is 0 Å². The van der Waals surface area contributed by atoms with Crippen molar-refractivity contribution < 1.29 is 23.1 Å². The largest absolute Gasteiger partial charge is 0.490 e. The average molecular weight is 252 g/mol. The molecule has 2 N–H and O–H groups in total. The smallest absolute Gasteiger partial charge is 0.475 e. The number of carboxylic acids is 1. The molecule has 0 saturated heterocycles. The first-order chi connectivity index (χ1) is 7.77. The summed E-state index contributed by atoms with van der Waals surface area (Å²) >= 11 is 0. The van der Waals surface area contributed by atoms with Gasteiger partial charge in [0, 0.05) is 11.9 Å². The summed E-state index contributed by atoms with van der Waals surface area (Å²) in [5.74, 6) is -1.74. The number of hydrogen-bond donors (Lipinski definition) is 2. The van der Waals surface area contributed by atoms with Crippen LogP contribution in [0.4, 0.5) is 13.2 Å². The van der Waals surface area contributed by atoms with Gasteiger partial charge in [-0.25, -0.2) is 9.78 Å². The topological polar surface area (TPSA) is 66.0 Å². The van der Waals surface area contributed by atoms with E-state index in [2.05, 4.69) is 16.9 Å². The summed E-state index contributed by atoms with van der Waals surface area (Å²) < 4.78 is 31.7. The Bertz CT molecular complexity index is 348. The van der Waals surface area contributed by atoms with E-state index in [0.717, 1.165) is 12.2 Å². The van der Waals surface area contributed by atoms with E-state index in [1.54, 1.807) is 0 Å². The SMILES string of the molecule is CCCCc1cnc(C)[nH]1.O=C(O)C(F)(F)F. The Labute approximate surface area is 96.9 Å². The Balaban J connectivity index is 0.000000325. The van der Waals surface area contributed by atoms with Crippen LogP contribution in [-0.4, -0.2) is 27.2 Å². The summed E-state index contributed by atoms with van der Waals surface area (Å²) in [5.41, 5.74) is 1.26. The molecule has 4 nitrogen and oxygen atoms in total. The van der Waals surface area contributed by atoms with Gasteiger partial charge < -0.3 is 10.1 Å². The number of rotatable bonds is 3. The van der Waals surface area contributed by atoms with Gasteiger partial charge in [0.1, 0.15) is 5.82 Å². The fourth-order valence-electron chi connectivity index (χ4n) is 0.966. The molecule has 1 rings (SSSR count). The summed E-state index contributed by atoms with van der Waals surface area (Å²) in [6.45, 7) is 4.18. The van der Waals surface area contributed by atoms with Gasteiger partial charge in [0.05, 0.1) is 0 Å². The van der Waals surface area contributed by atoms with Crippen molar-refractivity contribution in [2.75, 3.05) is 0 Å². The zero-order chi connectivity index (χ0) is 13.5. The number of alkyl halides is 3. The third-order valence-corrected chi connectivity index (χ3v) is 1.80. The minimum absolute atomic E-state index is 1.02. The molecule has 7 heteroatoms. The fourth-order valence-corrected chi connectivity index (χ4v) is 0.966. The zero-order valence-corrected chi connectivity index (χ0v) is 9.64. The van der Waals surface area contributed by atoms with Crippen molar-refractivity contribution >= 4 is 5.97 Å². The molecule has 0 spiro atoms. The van der Waals surface area contributed by atoms with Crippen LogP contribution in [-0.2, 0) is 11.2 Å². The number of aliphatic carboxylic acids is 1. The molecule has 17 heavy (non-hydrogen) atoms. The van der Waals surface area contributed by atoms with E-state index in [-0.39, 0.29) is 0 Å². The number of aromatic amines is 1. The van der Waals surface area contributed by atoms with Crippen LogP contribution < -0.4 is 0 Å². The lowest BCUT2D eigenvalue weighted by Crippen LogP contribution is -2.21. The Morgan fingerprint density at radius 2 is 2.06 bits per heavy atom. The summed E-state index contributed by atoms with van der Waals surface area (Å²) in [7, 11) is 0. The third kappa shape index (κ3) is 7.37. The highest BCUT2D eigenvalue weighted by Crippen LogP contribution is 2.13. The Hall–Kier alpha value is -1.53. The maximum absolute atomic E-state index is 10.6. The number of carboxylic acid groups (broad SMARTS) is 1. The molecule has 0 aliphatic carbocycles.